The van der Waals surface area contributed by atoms with Gasteiger partial charge in [0, 0.05) is 16.5 Å². The summed E-state index contributed by atoms with van der Waals surface area (Å²) >= 11 is 1.65. The number of thioether (sulfide) groups is 1. The number of hydrogen-bond acceptors (Lipinski definition) is 6. The van der Waals surface area contributed by atoms with E-state index in [1.807, 2.05) is 26.0 Å². The van der Waals surface area contributed by atoms with Crippen LogP contribution in [0.1, 0.15) is 73.6 Å². The van der Waals surface area contributed by atoms with Gasteiger partial charge in [-0.05, 0) is 76.6 Å². The number of likely N-dealkylation sites (tertiary alicyclic amines) is 1. The number of aliphatic hydroxyl groups is 1. The first kappa shape index (κ1) is 29.7. The standard InChI is InChI=1S/C30H45N3O5S/c1-7-9-19(5)31-27(36)25-30-15-14-29(6,39-30)23(24(30)28(37)33(25)21(17-34)16-18(3)4)26(35)32-20-10-12-22(13-11-20)38-8-2/h10-13,18-19,21,23-25,34H,7-9,14-17H2,1-6H3,(H,31,36)(H,32,35)/t19?,21-,23-,24+,25?,29+,30?/m1/s1. The van der Waals surface area contributed by atoms with Crippen molar-refractivity contribution in [1.29, 1.82) is 0 Å². The second kappa shape index (κ2) is 11.7. The van der Waals surface area contributed by atoms with Crippen molar-refractivity contribution in [2.45, 2.75) is 101 Å². The van der Waals surface area contributed by atoms with Crippen molar-refractivity contribution in [3.8, 4) is 5.75 Å². The number of aliphatic hydroxyl groups excluding tert-OH is 1. The van der Waals surface area contributed by atoms with E-state index < -0.39 is 33.4 Å². The summed E-state index contributed by atoms with van der Waals surface area (Å²) < 4.78 is 4.36. The molecule has 3 aliphatic heterocycles. The fraction of sp³-hybridized carbons (Fsp3) is 0.700. The highest BCUT2D eigenvalue weighted by Gasteiger charge is 2.77. The summed E-state index contributed by atoms with van der Waals surface area (Å²) in [5, 5.41) is 16.6. The highest BCUT2D eigenvalue weighted by atomic mass is 32.2. The summed E-state index contributed by atoms with van der Waals surface area (Å²) in [7, 11) is 0. The minimum atomic E-state index is -0.722. The van der Waals surface area contributed by atoms with Crippen LogP contribution in [0, 0.1) is 17.8 Å². The smallest absolute Gasteiger partial charge is 0.244 e. The number of rotatable bonds is 12. The Morgan fingerprint density at radius 3 is 2.44 bits per heavy atom. The second-order valence-electron chi connectivity index (χ2n) is 12.1. The van der Waals surface area contributed by atoms with E-state index in [2.05, 4.69) is 38.3 Å². The van der Waals surface area contributed by atoms with Crippen molar-refractivity contribution >= 4 is 35.2 Å². The second-order valence-corrected chi connectivity index (χ2v) is 14.0. The van der Waals surface area contributed by atoms with E-state index in [1.165, 1.54) is 0 Å². The molecule has 1 aromatic carbocycles. The highest BCUT2D eigenvalue weighted by Crippen LogP contribution is 2.71. The fourth-order valence-corrected chi connectivity index (χ4v) is 9.47. The van der Waals surface area contributed by atoms with Gasteiger partial charge in [-0.3, -0.25) is 14.4 Å². The maximum atomic E-state index is 14.3. The lowest BCUT2D eigenvalue weighted by atomic mass is 9.66. The van der Waals surface area contributed by atoms with Crippen LogP contribution >= 0.6 is 11.8 Å². The number of fused-ring (bicyclic) bond motifs is 1. The summed E-state index contributed by atoms with van der Waals surface area (Å²) in [4.78, 5) is 43.8. The summed E-state index contributed by atoms with van der Waals surface area (Å²) in [6, 6.07) is 6.02. The molecule has 3 amide bonds. The maximum absolute atomic E-state index is 14.3. The number of nitrogens with zero attached hydrogens (tertiary/aromatic N) is 1. The molecule has 216 valence electrons. The number of carbonyl (C=O) groups is 3. The predicted molar refractivity (Wildman–Crippen MR) is 155 cm³/mol. The molecule has 4 rings (SSSR count). The number of nitrogens with one attached hydrogen (secondary N) is 2. The van der Waals surface area contributed by atoms with Gasteiger partial charge in [-0.15, -0.1) is 11.8 Å². The van der Waals surface area contributed by atoms with Gasteiger partial charge in [0.05, 0.1) is 35.8 Å². The van der Waals surface area contributed by atoms with Gasteiger partial charge in [0.2, 0.25) is 17.7 Å². The molecule has 3 saturated heterocycles. The molecule has 39 heavy (non-hydrogen) atoms. The Bertz CT molecular complexity index is 1070. The molecule has 0 aromatic heterocycles. The van der Waals surface area contributed by atoms with Gasteiger partial charge in [-0.2, -0.15) is 0 Å². The van der Waals surface area contributed by atoms with E-state index in [4.69, 9.17) is 4.74 Å². The van der Waals surface area contributed by atoms with Gasteiger partial charge in [0.15, 0.2) is 0 Å². The summed E-state index contributed by atoms with van der Waals surface area (Å²) in [6.45, 7) is 12.5. The maximum Gasteiger partial charge on any atom is 0.244 e. The summed E-state index contributed by atoms with van der Waals surface area (Å²) in [6.07, 6.45) is 3.81. The minimum absolute atomic E-state index is 0.0227. The third kappa shape index (κ3) is 5.41. The minimum Gasteiger partial charge on any atom is -0.494 e. The molecule has 3 fully saturated rings. The molecular weight excluding hydrogens is 514 g/mol. The first-order chi connectivity index (χ1) is 18.5. The van der Waals surface area contributed by atoms with Crippen LogP contribution in [0.2, 0.25) is 0 Å². The van der Waals surface area contributed by atoms with Crippen LogP contribution < -0.4 is 15.4 Å². The largest absolute Gasteiger partial charge is 0.494 e. The Kier molecular flexibility index (Phi) is 8.91. The molecule has 0 aliphatic carbocycles. The number of benzene rings is 1. The number of carbonyl (C=O) groups excluding carboxylic acids is 3. The molecule has 3 aliphatic rings. The van der Waals surface area contributed by atoms with Crippen molar-refractivity contribution in [2.24, 2.45) is 17.8 Å². The van der Waals surface area contributed by atoms with Gasteiger partial charge in [-0.25, -0.2) is 0 Å². The highest BCUT2D eigenvalue weighted by molar-refractivity contribution is 8.02. The zero-order valence-corrected chi connectivity index (χ0v) is 25.0. The van der Waals surface area contributed by atoms with Crippen LogP contribution in [0.5, 0.6) is 5.75 Å². The van der Waals surface area contributed by atoms with Gasteiger partial charge >= 0.3 is 0 Å². The Hall–Kier alpha value is -2.26. The number of hydrogen-bond donors (Lipinski definition) is 3. The SMILES string of the molecule is CCCC(C)NC(=O)C1N([C@@H](CO)CC(C)C)C(=O)[C@@H]2[C@H](C(=O)Nc3ccc(OCC)cc3)[C@]3(C)CCC12S3. The van der Waals surface area contributed by atoms with Crippen LogP contribution in [0.15, 0.2) is 24.3 Å². The zero-order chi connectivity index (χ0) is 28.5. The molecule has 3 heterocycles. The van der Waals surface area contributed by atoms with Crippen molar-refractivity contribution in [2.75, 3.05) is 18.5 Å². The molecule has 9 heteroatoms. The van der Waals surface area contributed by atoms with E-state index in [0.717, 1.165) is 25.0 Å². The van der Waals surface area contributed by atoms with Crippen molar-refractivity contribution in [1.82, 2.24) is 10.2 Å². The van der Waals surface area contributed by atoms with E-state index in [0.29, 0.717) is 25.1 Å². The Morgan fingerprint density at radius 1 is 1.15 bits per heavy atom. The van der Waals surface area contributed by atoms with Gasteiger partial charge < -0.3 is 25.4 Å². The first-order valence-electron chi connectivity index (χ1n) is 14.5. The average Bonchev–Trinajstić information content (AvgIpc) is 3.44. The fourth-order valence-electron chi connectivity index (χ4n) is 7.13. The normalized spacial score (nSPS) is 30.8. The van der Waals surface area contributed by atoms with Crippen LogP contribution in [-0.4, -0.2) is 68.6 Å². The summed E-state index contributed by atoms with van der Waals surface area (Å²) in [5.74, 6) is -0.789. The topological polar surface area (TPSA) is 108 Å². The molecule has 1 aromatic rings. The monoisotopic (exact) mass is 559 g/mol. The number of ether oxygens (including phenoxy) is 1. The van der Waals surface area contributed by atoms with E-state index in [9.17, 15) is 19.5 Å². The Morgan fingerprint density at radius 2 is 1.85 bits per heavy atom. The Balaban J connectivity index is 1.69. The number of amides is 3. The van der Waals surface area contributed by atoms with Crippen LogP contribution in [0.4, 0.5) is 5.69 Å². The average molecular weight is 560 g/mol. The molecule has 8 nitrogen and oxygen atoms in total. The van der Waals surface area contributed by atoms with E-state index in [1.54, 1.807) is 28.8 Å². The molecule has 3 unspecified atom stereocenters. The third-order valence-corrected chi connectivity index (χ3v) is 10.6. The van der Waals surface area contributed by atoms with Crippen LogP contribution in [0.25, 0.3) is 0 Å². The molecule has 0 saturated carbocycles. The van der Waals surface area contributed by atoms with E-state index >= 15 is 0 Å². The van der Waals surface area contributed by atoms with E-state index in [-0.39, 0.29) is 36.3 Å². The molecule has 2 bridgehead atoms. The van der Waals surface area contributed by atoms with Crippen LogP contribution in [0.3, 0.4) is 0 Å². The molecular formula is C30H45N3O5S. The predicted octanol–water partition coefficient (Wildman–Crippen LogP) is 4.22. The van der Waals surface area contributed by atoms with Crippen molar-refractivity contribution < 1.29 is 24.2 Å². The van der Waals surface area contributed by atoms with Crippen molar-refractivity contribution in [3.63, 3.8) is 0 Å². The lowest BCUT2D eigenvalue weighted by molar-refractivity contribution is -0.143. The van der Waals surface area contributed by atoms with Crippen molar-refractivity contribution in [3.05, 3.63) is 24.3 Å². The van der Waals surface area contributed by atoms with Gasteiger partial charge in [-0.1, -0.05) is 27.2 Å². The first-order valence-corrected chi connectivity index (χ1v) is 15.3. The lowest BCUT2D eigenvalue weighted by Gasteiger charge is -2.38. The van der Waals surface area contributed by atoms with Crippen LogP contribution in [-0.2, 0) is 14.4 Å². The molecule has 7 atom stereocenters. The molecule has 0 radical (unpaired) electrons. The lowest BCUT2D eigenvalue weighted by Crippen LogP contribution is -2.57. The quantitative estimate of drug-likeness (QED) is 0.354. The van der Waals surface area contributed by atoms with Gasteiger partial charge in [0.1, 0.15) is 11.8 Å². The number of anilines is 1. The van der Waals surface area contributed by atoms with Gasteiger partial charge in [0.25, 0.3) is 0 Å². The summed E-state index contributed by atoms with van der Waals surface area (Å²) in [5.41, 5.74) is 0.645. The zero-order valence-electron chi connectivity index (χ0n) is 24.2. The third-order valence-electron chi connectivity index (χ3n) is 8.64. The molecule has 1 spiro atoms. The Labute approximate surface area is 237 Å². The molecule has 3 N–H and O–H groups in total.